The standard InChI is InChI=1S/C18H19FN2O3/c1-10-7-8-12(9-15(10)19)20-16(22)11(2)21-17(23)13-5-3-4-6-14(13)18(21)24/h3-4,7-9,11,13-14H,5-6H2,1-2H3,(H,20,22)/t11-,13?,14?/m0/s1. The first-order valence-corrected chi connectivity index (χ1v) is 7.99. The first-order valence-electron chi connectivity index (χ1n) is 7.99. The summed E-state index contributed by atoms with van der Waals surface area (Å²) in [7, 11) is 0. The molecule has 126 valence electrons. The Balaban J connectivity index is 1.74. The number of likely N-dealkylation sites (tertiary alicyclic amines) is 1. The van der Waals surface area contributed by atoms with Crippen LogP contribution in [0.15, 0.2) is 30.4 Å². The molecular formula is C18H19FN2O3. The van der Waals surface area contributed by atoms with Gasteiger partial charge in [-0.25, -0.2) is 4.39 Å². The molecule has 1 aliphatic carbocycles. The molecule has 0 bridgehead atoms. The monoisotopic (exact) mass is 330 g/mol. The van der Waals surface area contributed by atoms with Gasteiger partial charge in [-0.2, -0.15) is 0 Å². The lowest BCUT2D eigenvalue weighted by molar-refractivity contribution is -0.146. The Bertz CT molecular complexity index is 718. The Morgan fingerprint density at radius 3 is 2.33 bits per heavy atom. The molecule has 3 rings (SSSR count). The number of hydrogen-bond donors (Lipinski definition) is 1. The average molecular weight is 330 g/mol. The van der Waals surface area contributed by atoms with Crippen LogP contribution in [-0.4, -0.2) is 28.7 Å². The van der Waals surface area contributed by atoms with Gasteiger partial charge in [0, 0.05) is 5.69 Å². The molecule has 1 aliphatic heterocycles. The predicted octanol–water partition coefficient (Wildman–Crippen LogP) is 2.41. The summed E-state index contributed by atoms with van der Waals surface area (Å²) < 4.78 is 13.6. The Morgan fingerprint density at radius 1 is 1.21 bits per heavy atom. The van der Waals surface area contributed by atoms with Gasteiger partial charge >= 0.3 is 0 Å². The number of aryl methyl sites for hydroxylation is 1. The number of nitrogens with zero attached hydrogens (tertiary/aromatic N) is 1. The molecule has 1 N–H and O–H groups in total. The topological polar surface area (TPSA) is 66.5 Å². The van der Waals surface area contributed by atoms with Crippen LogP contribution in [0.2, 0.25) is 0 Å². The first-order chi connectivity index (χ1) is 11.4. The van der Waals surface area contributed by atoms with Crippen LogP contribution in [0.5, 0.6) is 0 Å². The summed E-state index contributed by atoms with van der Waals surface area (Å²) in [6.07, 6.45) is 4.86. The van der Waals surface area contributed by atoms with Crippen molar-refractivity contribution in [2.75, 3.05) is 5.32 Å². The molecule has 1 aromatic rings. The van der Waals surface area contributed by atoms with Crippen molar-refractivity contribution in [2.24, 2.45) is 11.8 Å². The van der Waals surface area contributed by atoms with Crippen LogP contribution in [0.25, 0.3) is 0 Å². The largest absolute Gasteiger partial charge is 0.324 e. The molecule has 1 saturated heterocycles. The second kappa shape index (κ2) is 6.19. The highest BCUT2D eigenvalue weighted by molar-refractivity contribution is 6.10. The van der Waals surface area contributed by atoms with Gasteiger partial charge in [0.2, 0.25) is 17.7 Å². The zero-order valence-electron chi connectivity index (χ0n) is 13.6. The van der Waals surface area contributed by atoms with Crippen LogP contribution in [-0.2, 0) is 14.4 Å². The van der Waals surface area contributed by atoms with Gasteiger partial charge in [0.25, 0.3) is 0 Å². The predicted molar refractivity (Wildman–Crippen MR) is 86.4 cm³/mol. The highest BCUT2D eigenvalue weighted by Crippen LogP contribution is 2.36. The van der Waals surface area contributed by atoms with E-state index in [2.05, 4.69) is 5.32 Å². The van der Waals surface area contributed by atoms with Crippen molar-refractivity contribution < 1.29 is 18.8 Å². The van der Waals surface area contributed by atoms with Crippen molar-refractivity contribution in [3.63, 3.8) is 0 Å². The summed E-state index contributed by atoms with van der Waals surface area (Å²) >= 11 is 0. The summed E-state index contributed by atoms with van der Waals surface area (Å²) in [6.45, 7) is 3.14. The fourth-order valence-corrected chi connectivity index (χ4v) is 3.24. The van der Waals surface area contributed by atoms with Gasteiger partial charge in [0.15, 0.2) is 0 Å². The van der Waals surface area contributed by atoms with Gasteiger partial charge < -0.3 is 5.32 Å². The number of carbonyl (C=O) groups excluding carboxylic acids is 3. The van der Waals surface area contributed by atoms with E-state index in [1.165, 1.54) is 13.0 Å². The van der Waals surface area contributed by atoms with E-state index in [1.807, 2.05) is 12.2 Å². The Labute approximate surface area is 139 Å². The van der Waals surface area contributed by atoms with Gasteiger partial charge in [-0.1, -0.05) is 18.2 Å². The van der Waals surface area contributed by atoms with E-state index < -0.39 is 17.8 Å². The van der Waals surface area contributed by atoms with Crippen molar-refractivity contribution in [1.82, 2.24) is 4.90 Å². The van der Waals surface area contributed by atoms with Crippen molar-refractivity contribution in [3.8, 4) is 0 Å². The highest BCUT2D eigenvalue weighted by Gasteiger charge is 2.50. The minimum atomic E-state index is -0.931. The fraction of sp³-hybridized carbons (Fsp3) is 0.389. The molecule has 2 unspecified atom stereocenters. The van der Waals surface area contributed by atoms with Crippen molar-refractivity contribution in [2.45, 2.75) is 32.7 Å². The van der Waals surface area contributed by atoms with Crippen LogP contribution in [0.1, 0.15) is 25.3 Å². The first kappa shape index (κ1) is 16.4. The Hall–Kier alpha value is -2.50. The van der Waals surface area contributed by atoms with E-state index in [4.69, 9.17) is 0 Å². The van der Waals surface area contributed by atoms with Crippen molar-refractivity contribution >= 4 is 23.4 Å². The summed E-state index contributed by atoms with van der Waals surface area (Å²) in [4.78, 5) is 38.4. The smallest absolute Gasteiger partial charge is 0.247 e. The fourth-order valence-electron chi connectivity index (χ4n) is 3.24. The maximum absolute atomic E-state index is 13.6. The molecule has 24 heavy (non-hydrogen) atoms. The number of imide groups is 1. The van der Waals surface area contributed by atoms with Gasteiger partial charge in [-0.15, -0.1) is 0 Å². The maximum atomic E-state index is 13.6. The molecule has 0 radical (unpaired) electrons. The lowest BCUT2D eigenvalue weighted by Gasteiger charge is -2.22. The maximum Gasteiger partial charge on any atom is 0.247 e. The third-order valence-corrected chi connectivity index (χ3v) is 4.75. The lowest BCUT2D eigenvalue weighted by Crippen LogP contribution is -2.46. The molecule has 0 spiro atoms. The SMILES string of the molecule is Cc1ccc(NC(=O)[C@H](C)N2C(=O)C3CC=CCC3C2=O)cc1F. The third-order valence-electron chi connectivity index (χ3n) is 4.75. The van der Waals surface area contributed by atoms with E-state index >= 15 is 0 Å². The van der Waals surface area contributed by atoms with Crippen LogP contribution < -0.4 is 5.32 Å². The summed E-state index contributed by atoms with van der Waals surface area (Å²) in [5, 5.41) is 2.57. The van der Waals surface area contributed by atoms with Crippen LogP contribution in [0.4, 0.5) is 10.1 Å². The van der Waals surface area contributed by atoms with E-state index in [0.717, 1.165) is 4.90 Å². The Kier molecular flexibility index (Phi) is 4.22. The minimum absolute atomic E-state index is 0.299. The molecule has 1 fully saturated rings. The molecule has 0 aromatic heterocycles. The number of allylic oxidation sites excluding steroid dienone is 2. The van der Waals surface area contributed by atoms with Crippen LogP contribution >= 0.6 is 0 Å². The minimum Gasteiger partial charge on any atom is -0.324 e. The van der Waals surface area contributed by atoms with E-state index in [0.29, 0.717) is 24.1 Å². The number of carbonyl (C=O) groups is 3. The van der Waals surface area contributed by atoms with E-state index in [1.54, 1.807) is 19.1 Å². The number of fused-ring (bicyclic) bond motifs is 1. The number of hydrogen-bond acceptors (Lipinski definition) is 3. The van der Waals surface area contributed by atoms with Crippen LogP contribution in [0, 0.1) is 24.6 Å². The van der Waals surface area contributed by atoms with Crippen molar-refractivity contribution in [3.05, 3.63) is 41.7 Å². The number of anilines is 1. The molecule has 3 atom stereocenters. The Morgan fingerprint density at radius 2 is 1.79 bits per heavy atom. The summed E-state index contributed by atoms with van der Waals surface area (Å²) in [5.41, 5.74) is 0.774. The number of amides is 3. The molecular weight excluding hydrogens is 311 g/mol. The number of rotatable bonds is 3. The molecule has 2 aliphatic rings. The van der Waals surface area contributed by atoms with E-state index in [9.17, 15) is 18.8 Å². The van der Waals surface area contributed by atoms with Gasteiger partial charge in [-0.05, 0) is 44.4 Å². The number of nitrogens with one attached hydrogen (secondary N) is 1. The van der Waals surface area contributed by atoms with Crippen LogP contribution in [0.3, 0.4) is 0 Å². The molecule has 0 saturated carbocycles. The summed E-state index contributed by atoms with van der Waals surface area (Å²) in [5.74, 6) is -2.26. The zero-order valence-corrected chi connectivity index (χ0v) is 13.6. The van der Waals surface area contributed by atoms with Crippen molar-refractivity contribution in [1.29, 1.82) is 0 Å². The molecule has 6 heteroatoms. The normalized spacial score (nSPS) is 24.0. The van der Waals surface area contributed by atoms with Gasteiger partial charge in [0.1, 0.15) is 11.9 Å². The molecule has 5 nitrogen and oxygen atoms in total. The summed E-state index contributed by atoms with van der Waals surface area (Å²) in [6, 6.07) is 3.43. The zero-order chi connectivity index (χ0) is 17.4. The molecule has 1 aromatic carbocycles. The van der Waals surface area contributed by atoms with Gasteiger partial charge in [-0.3, -0.25) is 19.3 Å². The molecule has 1 heterocycles. The second-order valence-corrected chi connectivity index (χ2v) is 6.33. The highest BCUT2D eigenvalue weighted by atomic mass is 19.1. The number of halogens is 1. The second-order valence-electron chi connectivity index (χ2n) is 6.33. The third kappa shape index (κ3) is 2.72. The quantitative estimate of drug-likeness (QED) is 0.684. The number of benzene rings is 1. The average Bonchev–Trinajstić information content (AvgIpc) is 2.82. The van der Waals surface area contributed by atoms with Gasteiger partial charge in [0.05, 0.1) is 11.8 Å². The lowest BCUT2D eigenvalue weighted by atomic mass is 9.85. The van der Waals surface area contributed by atoms with E-state index in [-0.39, 0.29) is 23.7 Å². The molecule has 3 amide bonds.